The second-order valence-electron chi connectivity index (χ2n) is 8.13. The highest BCUT2D eigenvalue weighted by Crippen LogP contribution is 2.26. The molecule has 5 rings (SSSR count). The van der Waals surface area contributed by atoms with Gasteiger partial charge in [0.1, 0.15) is 18.2 Å². The third-order valence-corrected chi connectivity index (χ3v) is 5.81. The summed E-state index contributed by atoms with van der Waals surface area (Å²) in [6.07, 6.45) is 0. The van der Waals surface area contributed by atoms with Crippen molar-refractivity contribution in [2.45, 2.75) is 0 Å². The molecule has 1 fully saturated rings. The van der Waals surface area contributed by atoms with Gasteiger partial charge in [-0.1, -0.05) is 30.3 Å². The first kappa shape index (κ1) is 21.2. The van der Waals surface area contributed by atoms with Crippen molar-refractivity contribution in [2.24, 2.45) is 0 Å². The predicted molar refractivity (Wildman–Crippen MR) is 130 cm³/mol. The van der Waals surface area contributed by atoms with Crippen LogP contribution in [0.5, 0.6) is 5.75 Å². The van der Waals surface area contributed by atoms with Crippen molar-refractivity contribution in [3.05, 3.63) is 77.1 Å². The summed E-state index contributed by atoms with van der Waals surface area (Å²) >= 11 is 0. The summed E-state index contributed by atoms with van der Waals surface area (Å²) in [7, 11) is 0. The van der Waals surface area contributed by atoms with E-state index < -0.39 is 0 Å². The third kappa shape index (κ3) is 5.05. The topological polar surface area (TPSA) is 93.5 Å². The summed E-state index contributed by atoms with van der Waals surface area (Å²) in [6, 6.07) is 20.9. The lowest BCUT2D eigenvalue weighted by atomic mass is 10.1. The second kappa shape index (κ2) is 9.44. The van der Waals surface area contributed by atoms with Crippen LogP contribution in [0.3, 0.4) is 0 Å². The summed E-state index contributed by atoms with van der Waals surface area (Å²) in [5.74, 6) is 1.38. The quantitative estimate of drug-likeness (QED) is 0.444. The van der Waals surface area contributed by atoms with Crippen LogP contribution in [0.4, 0.5) is 5.69 Å². The Bertz CT molecular complexity index is 1310. The van der Waals surface area contributed by atoms with Gasteiger partial charge in [0.25, 0.3) is 5.56 Å². The van der Waals surface area contributed by atoms with Gasteiger partial charge in [-0.15, -0.1) is 0 Å². The lowest BCUT2D eigenvalue weighted by Gasteiger charge is -2.26. The minimum absolute atomic E-state index is 0.198. The molecule has 33 heavy (non-hydrogen) atoms. The largest absolute Gasteiger partial charge is 0.492 e. The fourth-order valence-corrected chi connectivity index (χ4v) is 3.97. The van der Waals surface area contributed by atoms with Crippen LogP contribution in [0.2, 0.25) is 0 Å². The average molecular weight is 443 g/mol. The summed E-state index contributed by atoms with van der Waals surface area (Å²) < 4.78 is 11.4. The van der Waals surface area contributed by atoms with Crippen LogP contribution in [0.25, 0.3) is 33.4 Å². The highest BCUT2D eigenvalue weighted by molar-refractivity contribution is 5.87. The second-order valence-corrected chi connectivity index (χ2v) is 8.13. The number of anilines is 1. The molecule has 7 nitrogen and oxygen atoms in total. The molecule has 168 valence electrons. The molecular weight excluding hydrogens is 416 g/mol. The molecule has 3 aromatic carbocycles. The molecule has 7 heteroatoms. The van der Waals surface area contributed by atoms with Crippen LogP contribution in [-0.4, -0.2) is 54.3 Å². The maximum Gasteiger partial charge on any atom is 0.251 e. The number of nitrogens with zero attached hydrogens (tertiary/aromatic N) is 2. The number of rotatable bonds is 6. The first-order valence-corrected chi connectivity index (χ1v) is 11.1. The van der Waals surface area contributed by atoms with Gasteiger partial charge in [0, 0.05) is 42.5 Å². The SMILES string of the molecule is Nc1ccc(-c2cc(=O)[nH]c(-c3ccc4cc(OCCN5CCOCC5)ccc4c3)n2)cc1. The molecule has 1 aliphatic rings. The first-order valence-electron chi connectivity index (χ1n) is 11.1. The summed E-state index contributed by atoms with van der Waals surface area (Å²) in [6.45, 7) is 5.04. The van der Waals surface area contributed by atoms with Gasteiger partial charge in [0.15, 0.2) is 0 Å². The van der Waals surface area contributed by atoms with Gasteiger partial charge in [0.2, 0.25) is 0 Å². The minimum Gasteiger partial charge on any atom is -0.492 e. The van der Waals surface area contributed by atoms with E-state index in [2.05, 4.69) is 14.9 Å². The van der Waals surface area contributed by atoms with Crippen molar-refractivity contribution in [1.29, 1.82) is 0 Å². The number of fused-ring (bicyclic) bond motifs is 1. The van der Waals surface area contributed by atoms with Crippen LogP contribution in [0.1, 0.15) is 0 Å². The van der Waals surface area contributed by atoms with E-state index in [0.29, 0.717) is 23.8 Å². The van der Waals surface area contributed by atoms with Gasteiger partial charge >= 0.3 is 0 Å². The Morgan fingerprint density at radius 2 is 1.67 bits per heavy atom. The number of hydrogen-bond donors (Lipinski definition) is 2. The van der Waals surface area contributed by atoms with Crippen LogP contribution < -0.4 is 16.0 Å². The number of hydrogen-bond acceptors (Lipinski definition) is 6. The van der Waals surface area contributed by atoms with Gasteiger partial charge in [-0.25, -0.2) is 4.98 Å². The zero-order chi connectivity index (χ0) is 22.6. The van der Waals surface area contributed by atoms with Crippen molar-refractivity contribution < 1.29 is 9.47 Å². The normalized spacial score (nSPS) is 14.4. The lowest BCUT2D eigenvalue weighted by molar-refractivity contribution is 0.0322. The monoisotopic (exact) mass is 442 g/mol. The van der Waals surface area contributed by atoms with Gasteiger partial charge in [-0.3, -0.25) is 9.69 Å². The van der Waals surface area contributed by atoms with Gasteiger partial charge in [0.05, 0.1) is 18.9 Å². The Hall–Kier alpha value is -3.68. The molecule has 0 unspecified atom stereocenters. The van der Waals surface area contributed by atoms with Crippen LogP contribution in [0.15, 0.2) is 71.5 Å². The Morgan fingerprint density at radius 3 is 2.48 bits per heavy atom. The summed E-state index contributed by atoms with van der Waals surface area (Å²) in [4.78, 5) is 22.2. The molecule has 0 aliphatic carbocycles. The average Bonchev–Trinajstić information content (AvgIpc) is 2.84. The Balaban J connectivity index is 1.34. The van der Waals surface area contributed by atoms with Crippen LogP contribution in [-0.2, 0) is 4.74 Å². The fourth-order valence-electron chi connectivity index (χ4n) is 3.97. The molecule has 0 amide bonds. The Morgan fingerprint density at radius 1 is 0.939 bits per heavy atom. The van der Waals surface area contributed by atoms with E-state index in [1.807, 2.05) is 48.5 Å². The number of nitrogen functional groups attached to an aromatic ring is 1. The van der Waals surface area contributed by atoms with E-state index in [0.717, 1.165) is 60.5 Å². The number of nitrogens with two attached hydrogens (primary N) is 1. The number of ether oxygens (including phenoxy) is 2. The van der Waals surface area contributed by atoms with E-state index in [1.54, 1.807) is 12.1 Å². The lowest BCUT2D eigenvalue weighted by Crippen LogP contribution is -2.38. The molecule has 1 aliphatic heterocycles. The molecule has 0 atom stereocenters. The van der Waals surface area contributed by atoms with Gasteiger partial charge in [-0.2, -0.15) is 0 Å². The van der Waals surface area contributed by atoms with E-state index in [4.69, 9.17) is 15.2 Å². The first-order chi connectivity index (χ1) is 16.1. The number of morpholine rings is 1. The highest BCUT2D eigenvalue weighted by atomic mass is 16.5. The van der Waals surface area contributed by atoms with Gasteiger partial charge in [-0.05, 0) is 41.1 Å². The fraction of sp³-hybridized carbons (Fsp3) is 0.231. The van der Waals surface area contributed by atoms with E-state index in [9.17, 15) is 4.79 Å². The molecule has 0 spiro atoms. The summed E-state index contributed by atoms with van der Waals surface area (Å²) in [5.41, 5.74) is 8.55. The van der Waals surface area contributed by atoms with Crippen LogP contribution in [0, 0.1) is 0 Å². The van der Waals surface area contributed by atoms with Crippen molar-refractivity contribution >= 4 is 16.5 Å². The number of aromatic nitrogens is 2. The number of H-pyrrole nitrogens is 1. The molecule has 1 saturated heterocycles. The molecule has 0 bridgehead atoms. The van der Waals surface area contributed by atoms with Crippen molar-refractivity contribution in [3.63, 3.8) is 0 Å². The van der Waals surface area contributed by atoms with E-state index in [1.165, 1.54) is 6.07 Å². The smallest absolute Gasteiger partial charge is 0.251 e. The molecule has 3 N–H and O–H groups in total. The minimum atomic E-state index is -0.198. The Kier molecular flexibility index (Phi) is 6.06. The number of nitrogens with one attached hydrogen (secondary N) is 1. The summed E-state index contributed by atoms with van der Waals surface area (Å²) in [5, 5.41) is 2.12. The van der Waals surface area contributed by atoms with Crippen molar-refractivity contribution in [2.75, 3.05) is 45.2 Å². The zero-order valence-corrected chi connectivity index (χ0v) is 18.3. The van der Waals surface area contributed by atoms with Crippen molar-refractivity contribution in [3.8, 4) is 28.4 Å². The van der Waals surface area contributed by atoms with E-state index in [-0.39, 0.29) is 5.56 Å². The molecule has 2 heterocycles. The zero-order valence-electron chi connectivity index (χ0n) is 18.3. The highest BCUT2D eigenvalue weighted by Gasteiger charge is 2.10. The van der Waals surface area contributed by atoms with Gasteiger partial charge < -0.3 is 20.2 Å². The predicted octanol–water partition coefficient (Wildman–Crippen LogP) is 3.55. The Labute approximate surface area is 191 Å². The third-order valence-electron chi connectivity index (χ3n) is 5.81. The molecule has 4 aromatic rings. The maximum absolute atomic E-state index is 12.3. The maximum atomic E-state index is 12.3. The van der Waals surface area contributed by atoms with Crippen LogP contribution >= 0.6 is 0 Å². The number of benzene rings is 3. The number of aromatic amines is 1. The molecule has 0 radical (unpaired) electrons. The van der Waals surface area contributed by atoms with E-state index >= 15 is 0 Å². The standard InChI is InChI=1S/C26H26N4O3/c27-22-6-3-18(4-7-22)24-17-25(31)29-26(28-24)21-2-1-20-16-23(8-5-19(20)15-21)33-14-11-30-9-12-32-13-10-30/h1-8,15-17H,9-14,27H2,(H,28,29,31). The molecule has 1 aromatic heterocycles. The molecular formula is C26H26N4O3. The molecule has 0 saturated carbocycles. The van der Waals surface area contributed by atoms with Crippen molar-refractivity contribution in [1.82, 2.24) is 14.9 Å².